The van der Waals surface area contributed by atoms with E-state index >= 15 is 0 Å². The highest BCUT2D eigenvalue weighted by molar-refractivity contribution is 5.85. The highest BCUT2D eigenvalue weighted by Gasteiger charge is 2.49. The number of hydrogen-bond donors (Lipinski definition) is 0. The molecule has 0 unspecified atom stereocenters. The number of fused-ring (bicyclic) bond motifs is 1. The maximum absolute atomic E-state index is 13.2. The van der Waals surface area contributed by atoms with E-state index in [1.165, 1.54) is 4.90 Å². The van der Waals surface area contributed by atoms with Gasteiger partial charge in [-0.25, -0.2) is 13.8 Å². The van der Waals surface area contributed by atoms with Crippen molar-refractivity contribution in [3.63, 3.8) is 0 Å². The Balaban J connectivity index is 1.57. The Bertz CT molecular complexity index is 634. The molecule has 0 radical (unpaired) electrons. The fourth-order valence-corrected chi connectivity index (χ4v) is 4.05. The summed E-state index contributed by atoms with van der Waals surface area (Å²) in [6.07, 6.45) is 3.58. The zero-order valence-corrected chi connectivity index (χ0v) is 13.8. The van der Waals surface area contributed by atoms with E-state index in [1.807, 2.05) is 11.6 Å². The highest BCUT2D eigenvalue weighted by atomic mass is 19.3. The van der Waals surface area contributed by atoms with Crippen molar-refractivity contribution in [3.05, 3.63) is 17.7 Å². The van der Waals surface area contributed by atoms with Crippen LogP contribution in [0.2, 0.25) is 0 Å². The summed E-state index contributed by atoms with van der Waals surface area (Å²) in [6.45, 7) is 1.80. The second-order valence-corrected chi connectivity index (χ2v) is 7.06. The summed E-state index contributed by atoms with van der Waals surface area (Å²) in [5.41, 5.74) is 1.76. The molecule has 2 fully saturated rings. The number of amides is 1. The predicted molar refractivity (Wildman–Crippen MR) is 81.7 cm³/mol. The van der Waals surface area contributed by atoms with Crippen LogP contribution in [0.3, 0.4) is 0 Å². The van der Waals surface area contributed by atoms with Crippen LogP contribution in [0.15, 0.2) is 6.33 Å². The Morgan fingerprint density at radius 2 is 2.04 bits per heavy atom. The van der Waals surface area contributed by atoms with Gasteiger partial charge in [-0.1, -0.05) is 0 Å². The first-order chi connectivity index (χ1) is 11.4. The first-order valence-electron chi connectivity index (χ1n) is 8.43. The lowest BCUT2D eigenvalue weighted by Crippen LogP contribution is -2.60. The maximum atomic E-state index is 13.2. The third-order valence-corrected chi connectivity index (χ3v) is 5.32. The van der Waals surface area contributed by atoms with Crippen molar-refractivity contribution in [1.82, 2.24) is 19.4 Å². The Hall–Kier alpha value is -1.54. The zero-order valence-electron chi connectivity index (χ0n) is 13.8. The number of rotatable bonds is 2. The lowest BCUT2D eigenvalue weighted by molar-refractivity contribution is -0.168. The fourth-order valence-electron chi connectivity index (χ4n) is 4.05. The summed E-state index contributed by atoms with van der Waals surface area (Å²) in [4.78, 5) is 20.8. The topological polar surface area (TPSA) is 50.6 Å². The number of nitrogens with zero attached hydrogens (tertiary/aromatic N) is 4. The Labute approximate surface area is 139 Å². The molecule has 0 aliphatic carbocycles. The smallest absolute Gasteiger partial charge is 0.282 e. The van der Waals surface area contributed by atoms with E-state index < -0.39 is 24.9 Å². The van der Waals surface area contributed by atoms with Crippen molar-refractivity contribution in [2.45, 2.75) is 37.3 Å². The number of aryl methyl sites for hydroxylation is 1. The van der Waals surface area contributed by atoms with E-state index in [0.717, 1.165) is 37.4 Å². The van der Waals surface area contributed by atoms with Crippen LogP contribution in [-0.2, 0) is 23.1 Å². The molecule has 8 heteroatoms. The van der Waals surface area contributed by atoms with Gasteiger partial charge in [0, 0.05) is 39.4 Å². The minimum atomic E-state index is -2.74. The van der Waals surface area contributed by atoms with Gasteiger partial charge in [-0.15, -0.1) is 0 Å². The van der Waals surface area contributed by atoms with Crippen LogP contribution in [0.4, 0.5) is 8.78 Å². The summed E-state index contributed by atoms with van der Waals surface area (Å²) in [6, 6.07) is 0.363. The quantitative estimate of drug-likeness (QED) is 0.805. The Morgan fingerprint density at radius 1 is 1.33 bits per heavy atom. The van der Waals surface area contributed by atoms with Gasteiger partial charge in [0.25, 0.3) is 5.92 Å². The average Bonchev–Trinajstić information content (AvgIpc) is 2.93. The summed E-state index contributed by atoms with van der Waals surface area (Å²) >= 11 is 0. The van der Waals surface area contributed by atoms with Crippen LogP contribution < -0.4 is 0 Å². The second kappa shape index (κ2) is 5.77. The molecule has 0 saturated carbocycles. The lowest BCUT2D eigenvalue weighted by atomic mass is 9.92. The molecule has 4 rings (SSSR count). The lowest BCUT2D eigenvalue weighted by Gasteiger charge is -2.44. The molecular formula is C16H22F2N4O2. The molecule has 1 aromatic heterocycles. The third-order valence-electron chi connectivity index (χ3n) is 5.32. The molecule has 4 heterocycles. The molecule has 3 aliphatic heterocycles. The first-order valence-corrected chi connectivity index (χ1v) is 8.43. The van der Waals surface area contributed by atoms with Crippen molar-refractivity contribution in [3.8, 4) is 0 Å². The van der Waals surface area contributed by atoms with Gasteiger partial charge in [-0.2, -0.15) is 0 Å². The molecule has 1 amide bonds. The number of hydrogen-bond acceptors (Lipinski definition) is 4. The molecular weight excluding hydrogens is 318 g/mol. The largest absolute Gasteiger partial charge is 0.381 e. The van der Waals surface area contributed by atoms with Gasteiger partial charge in [0.15, 0.2) is 0 Å². The van der Waals surface area contributed by atoms with Crippen LogP contribution in [-0.4, -0.2) is 70.1 Å². The standard InChI is InChI=1S/C16H22F2N4O2/c1-20-10-19-13-7-21(11-2-4-24-5-3-11)6-12(14(13)20)15(23)22-8-16(17,18)9-22/h10-12H,2-9H2,1H3/t12-/m0/s1. The van der Waals surface area contributed by atoms with Crippen molar-refractivity contribution >= 4 is 5.91 Å². The van der Waals surface area contributed by atoms with Crippen LogP contribution in [0, 0.1) is 0 Å². The first kappa shape index (κ1) is 16.0. The van der Waals surface area contributed by atoms with Crippen LogP contribution >= 0.6 is 0 Å². The van der Waals surface area contributed by atoms with E-state index in [1.54, 1.807) is 6.33 Å². The van der Waals surface area contributed by atoms with Crippen molar-refractivity contribution in [2.24, 2.45) is 7.05 Å². The second-order valence-electron chi connectivity index (χ2n) is 7.06. The summed E-state index contributed by atoms with van der Waals surface area (Å²) in [5, 5.41) is 0. The predicted octanol–water partition coefficient (Wildman–Crippen LogP) is 0.976. The minimum absolute atomic E-state index is 0.206. The maximum Gasteiger partial charge on any atom is 0.282 e. The van der Waals surface area contributed by atoms with Gasteiger partial charge in [-0.3, -0.25) is 9.69 Å². The van der Waals surface area contributed by atoms with Gasteiger partial charge in [0.1, 0.15) is 0 Å². The number of likely N-dealkylation sites (tertiary alicyclic amines) is 1. The van der Waals surface area contributed by atoms with Gasteiger partial charge in [-0.05, 0) is 12.8 Å². The van der Waals surface area contributed by atoms with Crippen molar-refractivity contribution in [2.75, 3.05) is 32.8 Å². The molecule has 2 saturated heterocycles. The van der Waals surface area contributed by atoms with Gasteiger partial charge >= 0.3 is 0 Å². The molecule has 0 spiro atoms. The zero-order chi connectivity index (χ0) is 16.9. The van der Waals surface area contributed by atoms with E-state index in [4.69, 9.17) is 4.74 Å². The Morgan fingerprint density at radius 3 is 2.71 bits per heavy atom. The molecule has 132 valence electrons. The molecule has 6 nitrogen and oxygen atoms in total. The number of halogens is 2. The number of carbonyl (C=O) groups is 1. The summed E-state index contributed by atoms with van der Waals surface area (Å²) < 4.78 is 33.6. The summed E-state index contributed by atoms with van der Waals surface area (Å²) in [7, 11) is 1.86. The Kier molecular flexibility index (Phi) is 3.84. The van der Waals surface area contributed by atoms with Crippen molar-refractivity contribution in [1.29, 1.82) is 0 Å². The molecule has 0 N–H and O–H groups in total. The summed E-state index contributed by atoms with van der Waals surface area (Å²) in [5.74, 6) is -3.36. The number of aromatic nitrogens is 2. The van der Waals surface area contributed by atoms with E-state index in [9.17, 15) is 13.6 Å². The highest BCUT2D eigenvalue weighted by Crippen LogP contribution is 2.35. The van der Waals surface area contributed by atoms with Gasteiger partial charge in [0.2, 0.25) is 5.91 Å². The van der Waals surface area contributed by atoms with Crippen LogP contribution in [0.25, 0.3) is 0 Å². The normalized spacial score (nSPS) is 27.6. The molecule has 0 aromatic carbocycles. The van der Waals surface area contributed by atoms with Gasteiger partial charge in [0.05, 0.1) is 36.7 Å². The van der Waals surface area contributed by atoms with Crippen LogP contribution in [0.5, 0.6) is 0 Å². The van der Waals surface area contributed by atoms with E-state index in [-0.39, 0.29) is 5.91 Å². The van der Waals surface area contributed by atoms with Crippen LogP contribution in [0.1, 0.15) is 30.1 Å². The third kappa shape index (κ3) is 2.71. The number of ether oxygens (including phenoxy) is 1. The molecule has 1 aromatic rings. The number of imidazole rings is 1. The molecule has 0 bridgehead atoms. The monoisotopic (exact) mass is 340 g/mol. The van der Waals surface area contributed by atoms with E-state index in [0.29, 0.717) is 19.1 Å². The number of alkyl halides is 2. The fraction of sp³-hybridized carbons (Fsp3) is 0.750. The molecule has 24 heavy (non-hydrogen) atoms. The average molecular weight is 340 g/mol. The number of carbonyl (C=O) groups excluding carboxylic acids is 1. The van der Waals surface area contributed by atoms with E-state index in [2.05, 4.69) is 9.88 Å². The minimum Gasteiger partial charge on any atom is -0.381 e. The van der Waals surface area contributed by atoms with Gasteiger partial charge < -0.3 is 14.2 Å². The SMILES string of the molecule is Cn1cnc2c1[C@@H](C(=O)N1CC(F)(F)C1)CN(C1CCOCC1)C2. The molecule has 1 atom stereocenters. The molecule has 3 aliphatic rings. The van der Waals surface area contributed by atoms with Crippen molar-refractivity contribution < 1.29 is 18.3 Å².